The monoisotopic (exact) mass is 501 g/mol. The summed E-state index contributed by atoms with van der Waals surface area (Å²) in [4.78, 5) is 29.7. The standard InChI is InChI=1S/C11H10N4O2S.C9H13NO.C5H12O/c1-7-2-3-9(13-6-17)14-10(7)15-11-12-4-8(5-16)18-11;1-6-4-5-8(11)7(2)9(6)10-3;1-5(2,3)6-4/h2-6H,1H3,(H2,12,13,14,15,17);4-5,10-11H,1-3H3;1-4H3. The van der Waals surface area contributed by atoms with Crippen molar-refractivity contribution in [2.24, 2.45) is 0 Å². The second kappa shape index (κ2) is 14.0. The van der Waals surface area contributed by atoms with E-state index in [9.17, 15) is 14.7 Å². The van der Waals surface area contributed by atoms with Gasteiger partial charge in [0.05, 0.1) is 16.7 Å². The number of ether oxygens (including phenoxy) is 1. The van der Waals surface area contributed by atoms with Crippen LogP contribution in [0.4, 0.5) is 22.5 Å². The summed E-state index contributed by atoms with van der Waals surface area (Å²) < 4.78 is 4.94. The molecule has 0 aliphatic heterocycles. The number of pyridine rings is 1. The Balaban J connectivity index is 0.000000306. The molecule has 0 aliphatic carbocycles. The topological polar surface area (TPSA) is 125 Å². The number of methoxy groups -OCH3 is 1. The number of hydrogen-bond donors (Lipinski definition) is 4. The number of amides is 1. The van der Waals surface area contributed by atoms with Gasteiger partial charge in [0.15, 0.2) is 11.4 Å². The number of phenols is 1. The Labute approximate surface area is 211 Å². The molecule has 10 heteroatoms. The summed E-state index contributed by atoms with van der Waals surface area (Å²) in [5.74, 6) is 1.39. The van der Waals surface area contributed by atoms with Crippen LogP contribution in [0, 0.1) is 20.8 Å². The molecule has 1 aromatic carbocycles. The quantitative estimate of drug-likeness (QED) is 0.328. The fourth-order valence-corrected chi connectivity index (χ4v) is 3.15. The SMILES string of the molecule is CNc1c(C)ccc(O)c1C.COC(C)(C)C.Cc1ccc(NC=O)nc1Nc1ncc(C=O)s1. The molecular formula is C25H35N5O4S. The maximum atomic E-state index is 10.6. The molecule has 0 aliphatic rings. The van der Waals surface area contributed by atoms with Crippen molar-refractivity contribution in [3.8, 4) is 5.75 Å². The minimum atomic E-state index is 0.0417. The highest BCUT2D eigenvalue weighted by Crippen LogP contribution is 2.27. The summed E-state index contributed by atoms with van der Waals surface area (Å²) in [7, 11) is 3.56. The fraction of sp³-hybridized carbons (Fsp3) is 0.360. The van der Waals surface area contributed by atoms with Crippen LogP contribution in [0.1, 0.15) is 47.1 Å². The van der Waals surface area contributed by atoms with E-state index in [4.69, 9.17) is 4.74 Å². The maximum Gasteiger partial charge on any atom is 0.212 e. The Hall–Kier alpha value is -3.50. The van der Waals surface area contributed by atoms with Crippen molar-refractivity contribution in [2.45, 2.75) is 47.1 Å². The van der Waals surface area contributed by atoms with Crippen LogP contribution in [-0.2, 0) is 9.53 Å². The summed E-state index contributed by atoms with van der Waals surface area (Å²) in [5, 5.41) is 18.4. The van der Waals surface area contributed by atoms with Crippen molar-refractivity contribution in [2.75, 3.05) is 30.1 Å². The fourth-order valence-electron chi connectivity index (χ4n) is 2.52. The number of aromatic hydroxyl groups is 1. The molecular weight excluding hydrogens is 466 g/mol. The summed E-state index contributed by atoms with van der Waals surface area (Å²) in [6.07, 6.45) is 2.80. The van der Waals surface area contributed by atoms with Gasteiger partial charge in [-0.2, -0.15) is 0 Å². The lowest BCUT2D eigenvalue weighted by Gasteiger charge is -2.14. The second-order valence-corrected chi connectivity index (χ2v) is 9.47. The summed E-state index contributed by atoms with van der Waals surface area (Å²) >= 11 is 1.24. The molecule has 1 amide bonds. The molecule has 0 fully saturated rings. The average molecular weight is 502 g/mol. The molecule has 9 nitrogen and oxygen atoms in total. The Bertz CT molecular complexity index is 1110. The number of aryl methyl sites for hydroxylation is 2. The molecule has 190 valence electrons. The first-order valence-electron chi connectivity index (χ1n) is 10.8. The van der Waals surface area contributed by atoms with Gasteiger partial charge in [0.25, 0.3) is 0 Å². The average Bonchev–Trinajstić information content (AvgIpc) is 3.27. The molecule has 35 heavy (non-hydrogen) atoms. The lowest BCUT2D eigenvalue weighted by molar-refractivity contribution is -0.105. The van der Waals surface area contributed by atoms with Crippen LogP contribution >= 0.6 is 11.3 Å². The van der Waals surface area contributed by atoms with E-state index in [1.54, 1.807) is 19.2 Å². The minimum absolute atomic E-state index is 0.0417. The van der Waals surface area contributed by atoms with Crippen molar-refractivity contribution in [3.05, 3.63) is 52.0 Å². The molecule has 0 spiro atoms. The summed E-state index contributed by atoms with van der Waals surface area (Å²) in [5.41, 5.74) is 4.04. The molecule has 3 rings (SSSR count). The number of nitrogens with zero attached hydrogens (tertiary/aromatic N) is 2. The smallest absolute Gasteiger partial charge is 0.212 e. The third-order valence-electron chi connectivity index (χ3n) is 4.68. The largest absolute Gasteiger partial charge is 0.508 e. The van der Waals surface area contributed by atoms with Gasteiger partial charge in [0.2, 0.25) is 6.41 Å². The van der Waals surface area contributed by atoms with Crippen LogP contribution in [0.2, 0.25) is 0 Å². The molecule has 0 bridgehead atoms. The predicted molar refractivity (Wildman–Crippen MR) is 143 cm³/mol. The minimum Gasteiger partial charge on any atom is -0.508 e. The van der Waals surface area contributed by atoms with Crippen molar-refractivity contribution in [3.63, 3.8) is 0 Å². The first kappa shape index (κ1) is 29.5. The van der Waals surface area contributed by atoms with Crippen molar-refractivity contribution < 1.29 is 19.4 Å². The zero-order valence-corrected chi connectivity index (χ0v) is 22.3. The predicted octanol–water partition coefficient (Wildman–Crippen LogP) is 5.45. The third kappa shape index (κ3) is 10.1. The second-order valence-electron chi connectivity index (χ2n) is 8.40. The van der Waals surface area contributed by atoms with Crippen LogP contribution in [0.25, 0.3) is 0 Å². The number of aromatic nitrogens is 2. The highest BCUT2D eigenvalue weighted by Gasteiger charge is 2.06. The van der Waals surface area contributed by atoms with E-state index in [1.165, 1.54) is 17.5 Å². The first-order chi connectivity index (χ1) is 16.4. The van der Waals surface area contributed by atoms with Crippen LogP contribution in [0.3, 0.4) is 0 Å². The number of carbonyl (C=O) groups excluding carboxylic acids is 2. The van der Waals surface area contributed by atoms with Crippen molar-refractivity contribution >= 4 is 46.5 Å². The molecule has 0 unspecified atom stereocenters. The van der Waals surface area contributed by atoms with E-state index in [0.29, 0.717) is 33.8 Å². The molecule has 4 N–H and O–H groups in total. The van der Waals surface area contributed by atoms with E-state index in [-0.39, 0.29) is 5.60 Å². The maximum absolute atomic E-state index is 10.6. The van der Waals surface area contributed by atoms with E-state index in [2.05, 4.69) is 25.9 Å². The van der Waals surface area contributed by atoms with Gasteiger partial charge in [-0.05, 0) is 64.8 Å². The van der Waals surface area contributed by atoms with Gasteiger partial charge in [0, 0.05) is 25.4 Å². The number of nitrogens with one attached hydrogen (secondary N) is 3. The highest BCUT2D eigenvalue weighted by atomic mass is 32.1. The van der Waals surface area contributed by atoms with Crippen LogP contribution in [0.5, 0.6) is 5.75 Å². The Morgan fingerprint density at radius 2 is 1.69 bits per heavy atom. The third-order valence-corrected chi connectivity index (χ3v) is 5.51. The zero-order valence-electron chi connectivity index (χ0n) is 21.5. The summed E-state index contributed by atoms with van der Waals surface area (Å²) in [6, 6.07) is 7.14. The van der Waals surface area contributed by atoms with E-state index >= 15 is 0 Å². The Kier molecular flexibility index (Phi) is 11.8. The molecule has 0 saturated carbocycles. The molecule has 3 aromatic rings. The number of anilines is 4. The molecule has 2 aromatic heterocycles. The lowest BCUT2D eigenvalue weighted by atomic mass is 10.1. The number of rotatable bonds is 6. The lowest BCUT2D eigenvalue weighted by Crippen LogP contribution is -2.15. The summed E-state index contributed by atoms with van der Waals surface area (Å²) in [6.45, 7) is 11.9. The van der Waals surface area contributed by atoms with Gasteiger partial charge in [-0.1, -0.05) is 23.5 Å². The number of phenolic OH excluding ortho intramolecular Hbond substituents is 1. The highest BCUT2D eigenvalue weighted by molar-refractivity contribution is 7.17. The van der Waals surface area contributed by atoms with Gasteiger partial charge in [-0.15, -0.1) is 0 Å². The number of aldehydes is 1. The number of carbonyl (C=O) groups is 2. The van der Waals surface area contributed by atoms with Crippen LogP contribution in [0.15, 0.2) is 30.5 Å². The molecule has 0 saturated heterocycles. The van der Waals surface area contributed by atoms with Crippen molar-refractivity contribution in [1.29, 1.82) is 0 Å². The van der Waals surface area contributed by atoms with E-state index in [1.807, 2.05) is 60.7 Å². The molecule has 0 radical (unpaired) electrons. The van der Waals surface area contributed by atoms with Gasteiger partial charge >= 0.3 is 0 Å². The molecule has 2 heterocycles. The number of thiazole rings is 1. The number of hydrogen-bond acceptors (Lipinski definition) is 9. The molecule has 0 atom stereocenters. The zero-order chi connectivity index (χ0) is 26.6. The van der Waals surface area contributed by atoms with Gasteiger partial charge in [-0.25, -0.2) is 9.97 Å². The van der Waals surface area contributed by atoms with Crippen LogP contribution in [-0.4, -0.2) is 47.5 Å². The van der Waals surface area contributed by atoms with Crippen LogP contribution < -0.4 is 16.0 Å². The van der Waals surface area contributed by atoms with Gasteiger partial charge < -0.3 is 25.8 Å². The number of benzene rings is 1. The first-order valence-corrected chi connectivity index (χ1v) is 11.6. The van der Waals surface area contributed by atoms with Crippen molar-refractivity contribution in [1.82, 2.24) is 9.97 Å². The Morgan fingerprint density at radius 3 is 2.17 bits per heavy atom. The normalized spacial score (nSPS) is 10.2. The van der Waals surface area contributed by atoms with Gasteiger partial charge in [-0.3, -0.25) is 9.59 Å². The van der Waals surface area contributed by atoms with Gasteiger partial charge in [0.1, 0.15) is 17.4 Å². The Morgan fingerprint density at radius 1 is 1.06 bits per heavy atom. The van der Waals surface area contributed by atoms with E-state index in [0.717, 1.165) is 28.7 Å². The van der Waals surface area contributed by atoms with E-state index < -0.39 is 0 Å².